The first-order chi connectivity index (χ1) is 16.4. The Morgan fingerprint density at radius 1 is 1.15 bits per heavy atom. The van der Waals surface area contributed by atoms with Gasteiger partial charge in [-0.25, -0.2) is 9.40 Å². The molecule has 0 bridgehead atoms. The van der Waals surface area contributed by atoms with Crippen LogP contribution in [0.15, 0.2) is 65.1 Å². The van der Waals surface area contributed by atoms with Crippen LogP contribution in [-0.2, 0) is 4.79 Å². The van der Waals surface area contributed by atoms with Gasteiger partial charge in [0, 0.05) is 19.0 Å². The highest BCUT2D eigenvalue weighted by molar-refractivity contribution is 7.12. The van der Waals surface area contributed by atoms with Crippen molar-refractivity contribution in [2.24, 2.45) is 5.10 Å². The molecule has 0 unspecified atom stereocenters. The Hall–Kier alpha value is -3.72. The molecule has 1 aliphatic heterocycles. The number of nitrogens with zero attached hydrogens (tertiary/aromatic N) is 3. The van der Waals surface area contributed by atoms with Crippen molar-refractivity contribution < 1.29 is 23.5 Å². The lowest BCUT2D eigenvalue weighted by molar-refractivity contribution is -0.133. The molecule has 1 atom stereocenters. The summed E-state index contributed by atoms with van der Waals surface area (Å²) >= 11 is 1.54. The number of hydrogen-bond donors (Lipinski definition) is 0. The third kappa shape index (κ3) is 4.65. The summed E-state index contributed by atoms with van der Waals surface area (Å²) in [6.45, 7) is -0.267. The lowest BCUT2D eigenvalue weighted by Crippen LogP contribution is -2.39. The zero-order valence-electron chi connectivity index (χ0n) is 19.0. The van der Waals surface area contributed by atoms with Crippen LogP contribution >= 0.6 is 11.3 Å². The standard InChI is InChI=1S/C25H24FN3O4S/c1-28(25(31)17-7-4-5-8-19(17)26)15-24(30)29-21(14-20(27-29)23-9-6-12-34-23)18-13-16(32-2)10-11-22(18)33-3/h4-13,21H,14-15H2,1-3H3/t21-/m0/s1. The highest BCUT2D eigenvalue weighted by Gasteiger charge is 2.36. The fourth-order valence-electron chi connectivity index (χ4n) is 3.86. The summed E-state index contributed by atoms with van der Waals surface area (Å²) in [7, 11) is 4.60. The third-order valence-corrected chi connectivity index (χ3v) is 6.51. The summed E-state index contributed by atoms with van der Waals surface area (Å²) in [5.41, 5.74) is 1.42. The molecule has 0 spiro atoms. The van der Waals surface area contributed by atoms with Gasteiger partial charge in [0.15, 0.2) is 0 Å². The van der Waals surface area contributed by atoms with Crippen LogP contribution in [0.1, 0.15) is 33.3 Å². The first-order valence-corrected chi connectivity index (χ1v) is 11.5. The molecule has 3 aromatic rings. The maximum atomic E-state index is 14.1. The normalized spacial score (nSPS) is 15.1. The predicted molar refractivity (Wildman–Crippen MR) is 128 cm³/mol. The number of amides is 2. The zero-order valence-corrected chi connectivity index (χ0v) is 19.8. The molecule has 1 aromatic heterocycles. The Balaban J connectivity index is 1.64. The van der Waals surface area contributed by atoms with Crippen molar-refractivity contribution in [3.05, 3.63) is 81.8 Å². The third-order valence-electron chi connectivity index (χ3n) is 5.59. The Bertz CT molecular complexity index is 1230. The van der Waals surface area contributed by atoms with E-state index in [1.54, 1.807) is 32.4 Å². The second-order valence-electron chi connectivity index (χ2n) is 7.73. The van der Waals surface area contributed by atoms with Crippen LogP contribution < -0.4 is 9.47 Å². The molecule has 176 valence electrons. The van der Waals surface area contributed by atoms with E-state index in [1.165, 1.54) is 46.5 Å². The van der Waals surface area contributed by atoms with Crippen LogP contribution in [0, 0.1) is 5.82 Å². The largest absolute Gasteiger partial charge is 0.497 e. The number of hydrogen-bond acceptors (Lipinski definition) is 6. The highest BCUT2D eigenvalue weighted by atomic mass is 32.1. The number of ether oxygens (including phenoxy) is 2. The lowest BCUT2D eigenvalue weighted by atomic mass is 9.99. The number of carbonyl (C=O) groups is 2. The Morgan fingerprint density at radius 3 is 2.62 bits per heavy atom. The molecule has 2 amide bonds. The molecular weight excluding hydrogens is 457 g/mol. The van der Waals surface area contributed by atoms with Crippen LogP contribution in [-0.4, -0.2) is 55.2 Å². The van der Waals surface area contributed by atoms with Crippen molar-refractivity contribution in [1.82, 2.24) is 9.91 Å². The van der Waals surface area contributed by atoms with Gasteiger partial charge >= 0.3 is 0 Å². The molecule has 0 saturated carbocycles. The van der Waals surface area contributed by atoms with E-state index < -0.39 is 23.7 Å². The molecule has 1 aliphatic rings. The van der Waals surface area contributed by atoms with Crippen molar-refractivity contribution >= 4 is 28.9 Å². The number of benzene rings is 2. The van der Waals surface area contributed by atoms with E-state index in [1.807, 2.05) is 23.6 Å². The van der Waals surface area contributed by atoms with Crippen LogP contribution in [0.5, 0.6) is 11.5 Å². The Labute approximate surface area is 201 Å². The summed E-state index contributed by atoms with van der Waals surface area (Å²) < 4.78 is 25.0. The smallest absolute Gasteiger partial charge is 0.262 e. The fourth-order valence-corrected chi connectivity index (χ4v) is 4.58. The maximum Gasteiger partial charge on any atom is 0.262 e. The predicted octanol–water partition coefficient (Wildman–Crippen LogP) is 4.35. The first kappa shape index (κ1) is 23.4. The number of rotatable bonds is 7. The van der Waals surface area contributed by atoms with Crippen LogP contribution in [0.3, 0.4) is 0 Å². The summed E-state index contributed by atoms with van der Waals surface area (Å²) in [5.74, 6) is -0.385. The van der Waals surface area contributed by atoms with Gasteiger partial charge in [0.25, 0.3) is 11.8 Å². The molecule has 0 aliphatic carbocycles. The summed E-state index contributed by atoms with van der Waals surface area (Å²) in [5, 5.41) is 7.96. The van der Waals surface area contributed by atoms with Gasteiger partial charge in [-0.15, -0.1) is 11.3 Å². The van der Waals surface area contributed by atoms with Gasteiger partial charge in [0.2, 0.25) is 0 Å². The minimum atomic E-state index is -0.634. The SMILES string of the molecule is COc1ccc(OC)c([C@@H]2CC(c3cccs3)=NN2C(=O)CN(C)C(=O)c2ccccc2F)c1. The number of thiophene rings is 1. The molecule has 4 rings (SSSR count). The van der Waals surface area contributed by atoms with E-state index in [4.69, 9.17) is 9.47 Å². The molecule has 0 radical (unpaired) electrons. The average molecular weight is 482 g/mol. The van der Waals surface area contributed by atoms with Crippen molar-refractivity contribution in [3.63, 3.8) is 0 Å². The number of halogens is 1. The molecule has 0 fully saturated rings. The van der Waals surface area contributed by atoms with Gasteiger partial charge in [0.05, 0.1) is 36.4 Å². The van der Waals surface area contributed by atoms with Crippen molar-refractivity contribution in [3.8, 4) is 11.5 Å². The van der Waals surface area contributed by atoms with Crippen molar-refractivity contribution in [2.45, 2.75) is 12.5 Å². The second kappa shape index (κ2) is 10.0. The quantitative estimate of drug-likeness (QED) is 0.503. The molecule has 9 heteroatoms. The summed E-state index contributed by atoms with van der Waals surface area (Å²) in [6.07, 6.45) is 0.473. The van der Waals surface area contributed by atoms with E-state index in [9.17, 15) is 14.0 Å². The fraction of sp³-hybridized carbons (Fsp3) is 0.240. The molecule has 2 aromatic carbocycles. The van der Waals surface area contributed by atoms with Gasteiger partial charge in [-0.1, -0.05) is 18.2 Å². The molecule has 2 heterocycles. The van der Waals surface area contributed by atoms with Crippen LogP contribution in [0.2, 0.25) is 0 Å². The maximum absolute atomic E-state index is 14.1. The molecular formula is C25H24FN3O4S. The summed E-state index contributed by atoms with van der Waals surface area (Å²) in [4.78, 5) is 28.3. The van der Waals surface area contributed by atoms with E-state index >= 15 is 0 Å². The Morgan fingerprint density at radius 2 is 1.94 bits per heavy atom. The zero-order chi connectivity index (χ0) is 24.2. The number of carbonyl (C=O) groups excluding carboxylic acids is 2. The van der Waals surface area contributed by atoms with Gasteiger partial charge in [-0.3, -0.25) is 9.59 Å². The van der Waals surface area contributed by atoms with Crippen LogP contribution in [0.4, 0.5) is 4.39 Å². The minimum absolute atomic E-state index is 0.0898. The Kier molecular flexibility index (Phi) is 6.93. The van der Waals surface area contributed by atoms with E-state index in [0.29, 0.717) is 17.9 Å². The molecule has 0 saturated heterocycles. The number of likely N-dealkylation sites (N-methyl/N-ethyl adjacent to an activating group) is 1. The van der Waals surface area contributed by atoms with Crippen molar-refractivity contribution in [2.75, 3.05) is 27.8 Å². The molecule has 7 nitrogen and oxygen atoms in total. The monoisotopic (exact) mass is 481 g/mol. The van der Waals surface area contributed by atoms with Crippen molar-refractivity contribution in [1.29, 1.82) is 0 Å². The molecule has 34 heavy (non-hydrogen) atoms. The van der Waals surface area contributed by atoms with Gasteiger partial charge in [-0.2, -0.15) is 5.10 Å². The lowest BCUT2D eigenvalue weighted by Gasteiger charge is -2.26. The van der Waals surface area contributed by atoms with E-state index in [0.717, 1.165) is 16.2 Å². The van der Waals surface area contributed by atoms with Gasteiger partial charge < -0.3 is 14.4 Å². The van der Waals surface area contributed by atoms with Gasteiger partial charge in [-0.05, 0) is 41.8 Å². The number of methoxy groups -OCH3 is 2. The second-order valence-corrected chi connectivity index (χ2v) is 8.68. The first-order valence-electron chi connectivity index (χ1n) is 10.6. The van der Waals surface area contributed by atoms with E-state index in [2.05, 4.69) is 5.10 Å². The highest BCUT2D eigenvalue weighted by Crippen LogP contribution is 2.39. The minimum Gasteiger partial charge on any atom is -0.497 e. The number of hydrazone groups is 1. The molecule has 0 N–H and O–H groups in total. The van der Waals surface area contributed by atoms with Gasteiger partial charge in [0.1, 0.15) is 23.9 Å². The topological polar surface area (TPSA) is 71.4 Å². The summed E-state index contributed by atoms with van der Waals surface area (Å²) in [6, 6.07) is 14.5. The average Bonchev–Trinajstić information content (AvgIpc) is 3.53. The van der Waals surface area contributed by atoms with E-state index in [-0.39, 0.29) is 12.1 Å². The van der Waals surface area contributed by atoms with Crippen LogP contribution in [0.25, 0.3) is 0 Å².